The quantitative estimate of drug-likeness (QED) is 0.838. The average molecular weight is 256 g/mol. The van der Waals surface area contributed by atoms with Crippen LogP contribution in [0.25, 0.3) is 0 Å². The monoisotopic (exact) mass is 256 g/mol. The predicted molar refractivity (Wildman–Crippen MR) is 57.9 cm³/mol. The van der Waals surface area contributed by atoms with Crippen molar-refractivity contribution in [2.24, 2.45) is 0 Å². The van der Waals surface area contributed by atoms with Gasteiger partial charge in [0.15, 0.2) is 11.6 Å². The van der Waals surface area contributed by atoms with Gasteiger partial charge >= 0.3 is 0 Å². The van der Waals surface area contributed by atoms with Crippen LogP contribution in [-0.4, -0.2) is 11.9 Å². The summed E-state index contributed by atoms with van der Waals surface area (Å²) in [6.45, 7) is 1.26. The second-order valence-electron chi connectivity index (χ2n) is 3.82. The fourth-order valence-corrected chi connectivity index (χ4v) is 1.56. The molecule has 0 heterocycles. The van der Waals surface area contributed by atoms with E-state index in [0.717, 1.165) is 6.07 Å². The van der Waals surface area contributed by atoms with Crippen LogP contribution >= 0.6 is 0 Å². The first kappa shape index (κ1) is 14.0. The molecule has 1 atom stereocenters. The molecule has 1 aromatic carbocycles. The fraction of sp³-hybridized carbons (Fsp3) is 0.333. The van der Waals surface area contributed by atoms with Gasteiger partial charge in [-0.1, -0.05) is 0 Å². The van der Waals surface area contributed by atoms with Gasteiger partial charge in [-0.2, -0.15) is 5.26 Å². The molecule has 1 N–H and O–H groups in total. The van der Waals surface area contributed by atoms with Crippen molar-refractivity contribution in [2.75, 3.05) is 0 Å². The first-order chi connectivity index (χ1) is 8.43. The van der Waals surface area contributed by atoms with E-state index in [1.54, 1.807) is 0 Å². The topological polar surface area (TPSA) is 52.9 Å². The van der Waals surface area contributed by atoms with Gasteiger partial charge in [0.1, 0.15) is 5.82 Å². The first-order valence-corrected chi connectivity index (χ1v) is 5.21. The Labute approximate surface area is 102 Å². The van der Waals surface area contributed by atoms with Crippen LogP contribution in [0.5, 0.6) is 0 Å². The number of carbonyl (C=O) groups excluding carboxylic acids is 1. The second-order valence-corrected chi connectivity index (χ2v) is 3.82. The molecular weight excluding hydrogens is 245 g/mol. The zero-order valence-electron chi connectivity index (χ0n) is 9.64. The van der Waals surface area contributed by atoms with Gasteiger partial charge in [-0.3, -0.25) is 4.79 Å². The summed E-state index contributed by atoms with van der Waals surface area (Å²) in [7, 11) is 0. The molecule has 96 valence electrons. The molecule has 6 heteroatoms. The minimum absolute atomic E-state index is 0.0436. The molecule has 1 rings (SSSR count). The number of nitrogens with one attached hydrogen (secondary N) is 1. The highest BCUT2D eigenvalue weighted by molar-refractivity contribution is 5.73. The Kier molecular flexibility index (Phi) is 4.72. The Morgan fingerprint density at radius 3 is 2.50 bits per heavy atom. The molecule has 0 aromatic heterocycles. The lowest BCUT2D eigenvalue weighted by atomic mass is 10.0. The molecule has 0 spiro atoms. The third-order valence-electron chi connectivity index (χ3n) is 2.30. The number of halogens is 3. The highest BCUT2D eigenvalue weighted by Crippen LogP contribution is 2.16. The number of nitrogens with zero attached hydrogens (tertiary/aromatic N) is 1. The Balaban J connectivity index is 2.90. The normalized spacial score (nSPS) is 11.7. The maximum Gasteiger partial charge on any atom is 0.217 e. The molecule has 0 fully saturated rings. The number of hydrogen-bond donors (Lipinski definition) is 1. The zero-order valence-corrected chi connectivity index (χ0v) is 9.64. The van der Waals surface area contributed by atoms with Crippen molar-refractivity contribution in [1.29, 1.82) is 5.26 Å². The van der Waals surface area contributed by atoms with E-state index in [9.17, 15) is 18.0 Å². The summed E-state index contributed by atoms with van der Waals surface area (Å²) in [5.41, 5.74) is -0.0806. The molecule has 1 unspecified atom stereocenters. The summed E-state index contributed by atoms with van der Waals surface area (Å²) in [6.07, 6.45) is -0.117. The Bertz CT molecular complexity index is 497. The Morgan fingerprint density at radius 2 is 1.94 bits per heavy atom. The lowest BCUT2D eigenvalue weighted by molar-refractivity contribution is -0.119. The SMILES string of the molecule is CC(=O)NC(CC#N)Cc1cc(F)c(F)cc1F. The van der Waals surface area contributed by atoms with E-state index >= 15 is 0 Å². The van der Waals surface area contributed by atoms with Gasteiger partial charge < -0.3 is 5.32 Å². The van der Waals surface area contributed by atoms with Crippen molar-refractivity contribution in [3.8, 4) is 6.07 Å². The highest BCUT2D eigenvalue weighted by Gasteiger charge is 2.16. The van der Waals surface area contributed by atoms with Gasteiger partial charge in [-0.25, -0.2) is 13.2 Å². The van der Waals surface area contributed by atoms with Crippen LogP contribution in [0.4, 0.5) is 13.2 Å². The molecule has 0 aliphatic carbocycles. The Hall–Kier alpha value is -2.03. The molecule has 18 heavy (non-hydrogen) atoms. The van der Waals surface area contributed by atoms with E-state index in [4.69, 9.17) is 5.26 Å². The lowest BCUT2D eigenvalue weighted by Gasteiger charge is -2.15. The van der Waals surface area contributed by atoms with E-state index in [-0.39, 0.29) is 24.3 Å². The summed E-state index contributed by atoms with van der Waals surface area (Å²) < 4.78 is 39.0. The van der Waals surface area contributed by atoms with E-state index in [1.165, 1.54) is 6.92 Å². The molecule has 0 radical (unpaired) electrons. The van der Waals surface area contributed by atoms with E-state index in [0.29, 0.717) is 6.07 Å². The molecule has 1 amide bonds. The number of rotatable bonds is 4. The van der Waals surface area contributed by atoms with Gasteiger partial charge in [0.25, 0.3) is 0 Å². The van der Waals surface area contributed by atoms with Gasteiger partial charge in [0.2, 0.25) is 5.91 Å². The van der Waals surface area contributed by atoms with Crippen LogP contribution in [0.2, 0.25) is 0 Å². The minimum Gasteiger partial charge on any atom is -0.352 e. The maximum absolute atomic E-state index is 13.4. The summed E-state index contributed by atoms with van der Waals surface area (Å²) in [5.74, 6) is -3.71. The van der Waals surface area contributed by atoms with Gasteiger partial charge in [0, 0.05) is 19.0 Å². The van der Waals surface area contributed by atoms with Crippen molar-refractivity contribution < 1.29 is 18.0 Å². The minimum atomic E-state index is -1.27. The van der Waals surface area contributed by atoms with Crippen molar-refractivity contribution >= 4 is 5.91 Å². The standard InChI is InChI=1S/C12H11F3N2O/c1-7(18)17-9(2-3-16)4-8-5-11(14)12(15)6-10(8)13/h5-6,9H,2,4H2,1H3,(H,17,18). The second kappa shape index (κ2) is 6.05. The fourth-order valence-electron chi connectivity index (χ4n) is 1.56. The van der Waals surface area contributed by atoms with Crippen molar-refractivity contribution in [3.63, 3.8) is 0 Å². The molecule has 0 saturated heterocycles. The molecule has 0 bridgehead atoms. The van der Waals surface area contributed by atoms with E-state index in [2.05, 4.69) is 5.32 Å². The predicted octanol–water partition coefficient (Wildman–Crippen LogP) is 2.06. The van der Waals surface area contributed by atoms with Crippen molar-refractivity contribution in [3.05, 3.63) is 35.1 Å². The maximum atomic E-state index is 13.4. The van der Waals surface area contributed by atoms with E-state index in [1.807, 2.05) is 6.07 Å². The number of nitriles is 1. The van der Waals surface area contributed by atoms with Crippen LogP contribution in [0.15, 0.2) is 12.1 Å². The number of carbonyl (C=O) groups is 1. The summed E-state index contributed by atoms with van der Waals surface area (Å²) in [5, 5.41) is 11.0. The van der Waals surface area contributed by atoms with Crippen molar-refractivity contribution in [2.45, 2.75) is 25.8 Å². The molecule has 0 saturated carbocycles. The summed E-state index contributed by atoms with van der Waals surface area (Å²) >= 11 is 0. The lowest BCUT2D eigenvalue weighted by Crippen LogP contribution is -2.34. The van der Waals surface area contributed by atoms with Crippen LogP contribution in [0.1, 0.15) is 18.9 Å². The van der Waals surface area contributed by atoms with Crippen LogP contribution in [0, 0.1) is 28.8 Å². The molecule has 3 nitrogen and oxygen atoms in total. The van der Waals surface area contributed by atoms with Gasteiger partial charge in [0.05, 0.1) is 12.5 Å². The third-order valence-corrected chi connectivity index (χ3v) is 2.30. The van der Waals surface area contributed by atoms with Gasteiger partial charge in [-0.15, -0.1) is 0 Å². The Morgan fingerprint density at radius 1 is 1.33 bits per heavy atom. The number of benzene rings is 1. The van der Waals surface area contributed by atoms with E-state index < -0.39 is 23.5 Å². The number of amides is 1. The molecule has 1 aromatic rings. The molecule has 0 aliphatic heterocycles. The summed E-state index contributed by atoms with van der Waals surface area (Å²) in [6, 6.07) is 2.38. The van der Waals surface area contributed by atoms with Crippen LogP contribution in [-0.2, 0) is 11.2 Å². The van der Waals surface area contributed by atoms with Crippen molar-refractivity contribution in [1.82, 2.24) is 5.32 Å². The molecule has 0 aliphatic rings. The first-order valence-electron chi connectivity index (χ1n) is 5.21. The highest BCUT2D eigenvalue weighted by atomic mass is 19.2. The van der Waals surface area contributed by atoms with Crippen LogP contribution < -0.4 is 5.32 Å². The average Bonchev–Trinajstić information content (AvgIpc) is 2.25. The zero-order chi connectivity index (χ0) is 13.7. The molecular formula is C12H11F3N2O. The van der Waals surface area contributed by atoms with Crippen LogP contribution in [0.3, 0.4) is 0 Å². The third kappa shape index (κ3) is 3.77. The summed E-state index contributed by atoms with van der Waals surface area (Å²) in [4.78, 5) is 10.9. The van der Waals surface area contributed by atoms with Gasteiger partial charge in [-0.05, 0) is 18.1 Å². The number of hydrogen-bond acceptors (Lipinski definition) is 2. The largest absolute Gasteiger partial charge is 0.352 e. The smallest absolute Gasteiger partial charge is 0.217 e.